The molecule has 0 unspecified atom stereocenters. The first-order valence-electron chi connectivity index (χ1n) is 6.11. The maximum absolute atomic E-state index is 12.1. The second-order valence-corrected chi connectivity index (χ2v) is 6.02. The second kappa shape index (κ2) is 6.14. The summed E-state index contributed by atoms with van der Waals surface area (Å²) in [5.74, 6) is 0. The number of ether oxygens (including phenoxy) is 1. The van der Waals surface area contributed by atoms with E-state index in [1.54, 1.807) is 19.2 Å². The van der Waals surface area contributed by atoms with Gasteiger partial charge in [-0.15, -0.1) is 0 Å². The summed E-state index contributed by atoms with van der Waals surface area (Å²) >= 11 is 0. The van der Waals surface area contributed by atoms with E-state index in [4.69, 9.17) is 4.74 Å². The summed E-state index contributed by atoms with van der Waals surface area (Å²) in [6.45, 7) is 0.920. The van der Waals surface area contributed by atoms with E-state index in [1.165, 1.54) is 0 Å². The van der Waals surface area contributed by atoms with Crippen molar-refractivity contribution >= 4 is 20.8 Å². The number of hydrogen-bond donors (Lipinski definition) is 1. The van der Waals surface area contributed by atoms with Crippen LogP contribution in [0, 0.1) is 0 Å². The first-order chi connectivity index (χ1) is 9.13. The van der Waals surface area contributed by atoms with Gasteiger partial charge in [0.2, 0.25) is 10.0 Å². The molecule has 102 valence electrons. The molecular formula is C14H17NO3S. The van der Waals surface area contributed by atoms with Crippen LogP contribution in [0.4, 0.5) is 0 Å². The van der Waals surface area contributed by atoms with Crippen LogP contribution in [0.25, 0.3) is 10.8 Å². The molecule has 2 aromatic rings. The van der Waals surface area contributed by atoms with Crippen LogP contribution < -0.4 is 4.72 Å². The third kappa shape index (κ3) is 3.53. The van der Waals surface area contributed by atoms with Crippen molar-refractivity contribution in [2.75, 3.05) is 20.3 Å². The van der Waals surface area contributed by atoms with Crippen LogP contribution >= 0.6 is 0 Å². The molecule has 2 aromatic carbocycles. The highest BCUT2D eigenvalue weighted by molar-refractivity contribution is 7.89. The molecule has 0 aromatic heterocycles. The maximum Gasteiger partial charge on any atom is 0.240 e. The van der Waals surface area contributed by atoms with Crippen molar-refractivity contribution in [3.63, 3.8) is 0 Å². The Morgan fingerprint density at radius 2 is 1.84 bits per heavy atom. The minimum atomic E-state index is -3.44. The summed E-state index contributed by atoms with van der Waals surface area (Å²) in [7, 11) is -1.84. The zero-order valence-corrected chi connectivity index (χ0v) is 11.6. The molecule has 0 saturated heterocycles. The molecule has 0 radical (unpaired) electrons. The van der Waals surface area contributed by atoms with Crippen LogP contribution in [0.2, 0.25) is 0 Å². The van der Waals surface area contributed by atoms with Gasteiger partial charge in [-0.25, -0.2) is 13.1 Å². The molecular weight excluding hydrogens is 262 g/mol. The monoisotopic (exact) mass is 279 g/mol. The van der Waals surface area contributed by atoms with E-state index in [0.717, 1.165) is 10.8 Å². The minimum absolute atomic E-state index is 0.295. The zero-order chi connectivity index (χ0) is 13.7. The van der Waals surface area contributed by atoms with E-state index in [9.17, 15) is 8.42 Å². The van der Waals surface area contributed by atoms with Crippen molar-refractivity contribution in [2.45, 2.75) is 11.3 Å². The second-order valence-electron chi connectivity index (χ2n) is 4.25. The van der Waals surface area contributed by atoms with Gasteiger partial charge in [0, 0.05) is 20.3 Å². The summed E-state index contributed by atoms with van der Waals surface area (Å²) in [5, 5.41) is 1.95. The normalized spacial score (nSPS) is 11.8. The fourth-order valence-corrected chi connectivity index (χ4v) is 2.95. The predicted octanol–water partition coefficient (Wildman–Crippen LogP) is 2.15. The molecule has 2 rings (SSSR count). The summed E-state index contributed by atoms with van der Waals surface area (Å²) in [6.07, 6.45) is 0.656. The van der Waals surface area contributed by atoms with Crippen molar-refractivity contribution in [3.8, 4) is 0 Å². The number of rotatable bonds is 6. The number of methoxy groups -OCH3 is 1. The first kappa shape index (κ1) is 14.0. The summed E-state index contributed by atoms with van der Waals surface area (Å²) in [6, 6.07) is 12.8. The van der Waals surface area contributed by atoms with Crippen molar-refractivity contribution in [2.24, 2.45) is 0 Å². The lowest BCUT2D eigenvalue weighted by atomic mass is 10.1. The van der Waals surface area contributed by atoms with Crippen molar-refractivity contribution in [3.05, 3.63) is 42.5 Å². The molecule has 0 spiro atoms. The molecule has 0 amide bonds. The lowest BCUT2D eigenvalue weighted by molar-refractivity contribution is 0.196. The lowest BCUT2D eigenvalue weighted by Crippen LogP contribution is -2.25. The first-order valence-corrected chi connectivity index (χ1v) is 7.59. The Balaban J connectivity index is 2.18. The number of nitrogens with one attached hydrogen (secondary N) is 1. The van der Waals surface area contributed by atoms with Gasteiger partial charge in [-0.2, -0.15) is 0 Å². The van der Waals surface area contributed by atoms with Gasteiger partial charge < -0.3 is 4.74 Å². The largest absolute Gasteiger partial charge is 0.385 e. The third-order valence-corrected chi connectivity index (χ3v) is 4.31. The minimum Gasteiger partial charge on any atom is -0.385 e. The van der Waals surface area contributed by atoms with Gasteiger partial charge in [-0.05, 0) is 29.3 Å². The van der Waals surface area contributed by atoms with E-state index in [0.29, 0.717) is 24.5 Å². The van der Waals surface area contributed by atoms with Crippen LogP contribution in [0.15, 0.2) is 47.4 Å². The molecule has 4 nitrogen and oxygen atoms in total. The molecule has 5 heteroatoms. The van der Waals surface area contributed by atoms with E-state index in [2.05, 4.69) is 4.72 Å². The van der Waals surface area contributed by atoms with E-state index >= 15 is 0 Å². The SMILES string of the molecule is COCCCNS(=O)(=O)c1ccc2ccccc2c1. The molecule has 19 heavy (non-hydrogen) atoms. The highest BCUT2D eigenvalue weighted by Gasteiger charge is 2.13. The molecule has 1 N–H and O–H groups in total. The Labute approximate surface area is 113 Å². The lowest BCUT2D eigenvalue weighted by Gasteiger charge is -2.07. The molecule has 0 saturated carbocycles. The van der Waals surface area contributed by atoms with E-state index < -0.39 is 10.0 Å². The molecule has 0 bridgehead atoms. The van der Waals surface area contributed by atoms with Gasteiger partial charge in [-0.3, -0.25) is 0 Å². The Kier molecular flexibility index (Phi) is 4.52. The highest BCUT2D eigenvalue weighted by atomic mass is 32.2. The molecule has 0 fully saturated rings. The average Bonchev–Trinajstić information content (AvgIpc) is 2.43. The Bertz CT molecular complexity index is 653. The molecule has 0 heterocycles. The van der Waals surface area contributed by atoms with Gasteiger partial charge in [0.25, 0.3) is 0 Å². The fraction of sp³-hybridized carbons (Fsp3) is 0.286. The number of fused-ring (bicyclic) bond motifs is 1. The average molecular weight is 279 g/mol. The van der Waals surface area contributed by atoms with E-state index in [-0.39, 0.29) is 0 Å². The smallest absolute Gasteiger partial charge is 0.240 e. The van der Waals surface area contributed by atoms with Crippen LogP contribution in [0.1, 0.15) is 6.42 Å². The Morgan fingerprint density at radius 3 is 2.58 bits per heavy atom. The number of hydrogen-bond acceptors (Lipinski definition) is 3. The quantitative estimate of drug-likeness (QED) is 0.824. The Hall–Kier alpha value is -1.43. The van der Waals surface area contributed by atoms with Gasteiger partial charge in [0.05, 0.1) is 4.90 Å². The Morgan fingerprint density at radius 1 is 1.11 bits per heavy atom. The number of sulfonamides is 1. The molecule has 0 atom stereocenters. The van der Waals surface area contributed by atoms with Gasteiger partial charge in [-0.1, -0.05) is 30.3 Å². The topological polar surface area (TPSA) is 55.4 Å². The van der Waals surface area contributed by atoms with Gasteiger partial charge >= 0.3 is 0 Å². The standard InChI is InChI=1S/C14H17NO3S/c1-18-10-4-9-15-19(16,17)14-8-7-12-5-2-3-6-13(12)11-14/h2-3,5-8,11,15H,4,9-10H2,1H3. The van der Waals surface area contributed by atoms with Crippen LogP contribution in [-0.2, 0) is 14.8 Å². The van der Waals surface area contributed by atoms with Crippen LogP contribution in [-0.4, -0.2) is 28.7 Å². The predicted molar refractivity (Wildman–Crippen MR) is 75.6 cm³/mol. The maximum atomic E-state index is 12.1. The number of benzene rings is 2. The third-order valence-electron chi connectivity index (χ3n) is 2.85. The summed E-state index contributed by atoms with van der Waals surface area (Å²) in [4.78, 5) is 0.295. The molecule has 0 aliphatic heterocycles. The fourth-order valence-electron chi connectivity index (χ4n) is 1.84. The van der Waals surface area contributed by atoms with Crippen LogP contribution in [0.3, 0.4) is 0 Å². The highest BCUT2D eigenvalue weighted by Crippen LogP contribution is 2.18. The van der Waals surface area contributed by atoms with Gasteiger partial charge in [0.15, 0.2) is 0 Å². The van der Waals surface area contributed by atoms with Crippen molar-refractivity contribution in [1.29, 1.82) is 0 Å². The summed E-state index contributed by atoms with van der Waals surface area (Å²) < 4.78 is 31.6. The van der Waals surface area contributed by atoms with Crippen molar-refractivity contribution < 1.29 is 13.2 Å². The molecule has 0 aliphatic carbocycles. The van der Waals surface area contributed by atoms with Crippen molar-refractivity contribution in [1.82, 2.24) is 4.72 Å². The van der Waals surface area contributed by atoms with E-state index in [1.807, 2.05) is 30.3 Å². The molecule has 0 aliphatic rings. The zero-order valence-electron chi connectivity index (χ0n) is 10.8. The summed E-state index contributed by atoms with van der Waals surface area (Å²) in [5.41, 5.74) is 0. The van der Waals surface area contributed by atoms with Gasteiger partial charge in [0.1, 0.15) is 0 Å². The van der Waals surface area contributed by atoms with Crippen LogP contribution in [0.5, 0.6) is 0 Å².